The summed E-state index contributed by atoms with van der Waals surface area (Å²) in [6.07, 6.45) is 8.10. The quantitative estimate of drug-likeness (QED) is 0.288. The fourth-order valence-corrected chi connectivity index (χ4v) is 5.13. The normalized spacial score (nSPS) is 14.0. The summed E-state index contributed by atoms with van der Waals surface area (Å²) in [4.78, 5) is 27.6. The number of tetrazole rings is 1. The van der Waals surface area contributed by atoms with Crippen molar-refractivity contribution in [3.05, 3.63) is 64.6 Å². The molecule has 11 nitrogen and oxygen atoms in total. The smallest absolute Gasteiger partial charge is 0.306 e. The van der Waals surface area contributed by atoms with Crippen LogP contribution in [0.3, 0.4) is 0 Å². The summed E-state index contributed by atoms with van der Waals surface area (Å²) in [5.74, 6) is 1.74. The molecule has 5 rings (SSSR count). The molecular formula is C25H28N8O3S. The summed E-state index contributed by atoms with van der Waals surface area (Å²) >= 11 is 1.70. The van der Waals surface area contributed by atoms with Gasteiger partial charge in [0.05, 0.1) is 23.0 Å². The molecular weight excluding hydrogens is 492 g/mol. The van der Waals surface area contributed by atoms with Crippen molar-refractivity contribution in [1.29, 1.82) is 0 Å². The molecule has 1 aliphatic rings. The Morgan fingerprint density at radius 2 is 1.92 bits per heavy atom. The highest BCUT2D eigenvalue weighted by Crippen LogP contribution is 2.31. The monoisotopic (exact) mass is 520 g/mol. The third kappa shape index (κ3) is 6.45. The van der Waals surface area contributed by atoms with Crippen molar-refractivity contribution >= 4 is 23.3 Å². The lowest BCUT2D eigenvalue weighted by atomic mass is 9.98. The van der Waals surface area contributed by atoms with E-state index in [2.05, 4.69) is 35.8 Å². The van der Waals surface area contributed by atoms with Crippen LogP contribution >= 0.6 is 11.3 Å². The Bertz CT molecular complexity index is 1270. The molecule has 0 spiro atoms. The first kappa shape index (κ1) is 24.8. The lowest BCUT2D eigenvalue weighted by Gasteiger charge is -2.31. The van der Waals surface area contributed by atoms with E-state index in [0.717, 1.165) is 59.6 Å². The number of aryl methyl sites for hydroxylation is 1. The highest BCUT2D eigenvalue weighted by molar-refractivity contribution is 7.09. The molecule has 0 N–H and O–H groups in total. The van der Waals surface area contributed by atoms with Gasteiger partial charge in [0.1, 0.15) is 18.7 Å². The van der Waals surface area contributed by atoms with Crippen LogP contribution < -0.4 is 9.64 Å². The molecule has 192 valence electrons. The highest BCUT2D eigenvalue weighted by atomic mass is 32.1. The fourth-order valence-electron chi connectivity index (χ4n) is 4.15. The second-order valence-electron chi connectivity index (χ2n) is 8.67. The van der Waals surface area contributed by atoms with E-state index in [1.54, 1.807) is 34.7 Å². The molecule has 0 amide bonds. The Morgan fingerprint density at radius 3 is 2.62 bits per heavy atom. The minimum Gasteiger partial charge on any atom is -0.487 e. The van der Waals surface area contributed by atoms with Gasteiger partial charge >= 0.3 is 5.97 Å². The Balaban J connectivity index is 1.08. The predicted molar refractivity (Wildman–Crippen MR) is 137 cm³/mol. The van der Waals surface area contributed by atoms with Gasteiger partial charge in [0.15, 0.2) is 0 Å². The van der Waals surface area contributed by atoms with Gasteiger partial charge in [-0.1, -0.05) is 0 Å². The molecule has 0 saturated carbocycles. The van der Waals surface area contributed by atoms with Gasteiger partial charge < -0.3 is 14.4 Å². The van der Waals surface area contributed by atoms with Crippen molar-refractivity contribution in [2.75, 3.05) is 24.6 Å². The van der Waals surface area contributed by atoms with Crippen LogP contribution in [-0.4, -0.2) is 60.8 Å². The first-order valence-corrected chi connectivity index (χ1v) is 13.2. The number of carbonyl (C=O) groups excluding carboxylic acids is 1. The van der Waals surface area contributed by atoms with E-state index in [-0.39, 0.29) is 5.97 Å². The maximum Gasteiger partial charge on any atom is 0.306 e. The van der Waals surface area contributed by atoms with Gasteiger partial charge in [0, 0.05) is 43.2 Å². The molecule has 37 heavy (non-hydrogen) atoms. The van der Waals surface area contributed by atoms with Crippen LogP contribution in [0.5, 0.6) is 5.75 Å². The molecule has 0 bridgehead atoms. The zero-order valence-electron chi connectivity index (χ0n) is 20.6. The van der Waals surface area contributed by atoms with Gasteiger partial charge in [-0.25, -0.2) is 19.6 Å². The van der Waals surface area contributed by atoms with Crippen LogP contribution in [0.1, 0.15) is 48.4 Å². The Kier molecular flexibility index (Phi) is 7.94. The predicted octanol–water partition coefficient (Wildman–Crippen LogP) is 3.37. The minimum absolute atomic E-state index is 0.193. The molecule has 4 aromatic rings. The van der Waals surface area contributed by atoms with Crippen LogP contribution in [0, 0.1) is 0 Å². The number of thiazole rings is 1. The Morgan fingerprint density at radius 1 is 1.14 bits per heavy atom. The van der Waals surface area contributed by atoms with Gasteiger partial charge in [-0.05, 0) is 66.4 Å². The summed E-state index contributed by atoms with van der Waals surface area (Å²) in [7, 11) is 0. The summed E-state index contributed by atoms with van der Waals surface area (Å²) in [6, 6.07) is 7.61. The number of benzene rings is 1. The largest absolute Gasteiger partial charge is 0.487 e. The molecule has 4 heterocycles. The van der Waals surface area contributed by atoms with Crippen molar-refractivity contribution in [2.45, 2.75) is 45.1 Å². The number of hydrogen-bond acceptors (Lipinski definition) is 11. The van der Waals surface area contributed by atoms with E-state index in [1.807, 2.05) is 31.2 Å². The van der Waals surface area contributed by atoms with Crippen LogP contribution in [-0.2, 0) is 22.6 Å². The molecule has 0 aliphatic carbocycles. The van der Waals surface area contributed by atoms with Crippen LogP contribution in [0.4, 0.5) is 5.95 Å². The molecule has 1 fully saturated rings. The Labute approximate surface area is 218 Å². The van der Waals surface area contributed by atoms with Crippen LogP contribution in [0.25, 0.3) is 5.69 Å². The van der Waals surface area contributed by atoms with E-state index in [0.29, 0.717) is 32.0 Å². The van der Waals surface area contributed by atoms with Crippen molar-refractivity contribution in [3.8, 4) is 11.4 Å². The summed E-state index contributed by atoms with van der Waals surface area (Å²) < 4.78 is 12.5. The number of anilines is 1. The lowest BCUT2D eigenvalue weighted by Crippen LogP contribution is -2.34. The van der Waals surface area contributed by atoms with Crippen LogP contribution in [0.2, 0.25) is 0 Å². The number of aromatic nitrogens is 7. The van der Waals surface area contributed by atoms with Gasteiger partial charge in [-0.3, -0.25) is 4.79 Å². The average Bonchev–Trinajstić information content (AvgIpc) is 3.65. The zero-order chi connectivity index (χ0) is 25.5. The summed E-state index contributed by atoms with van der Waals surface area (Å²) in [5, 5.41) is 14.4. The number of hydrogen-bond donors (Lipinski definition) is 0. The first-order valence-electron chi connectivity index (χ1n) is 12.3. The standard InChI is InChI=1S/C25H28N8O3S/c1-2-35-23(34)8-3-18-13-26-25(27-14-18)32-11-9-19(10-12-32)24-29-20(16-37-24)15-36-22-6-4-21(5-7-22)33-17-28-30-31-33/h4-7,13-14,16-17,19H,2-3,8-12,15H2,1H3. The molecule has 1 aromatic carbocycles. The van der Waals surface area contributed by atoms with E-state index in [9.17, 15) is 4.79 Å². The maximum absolute atomic E-state index is 11.5. The van der Waals surface area contributed by atoms with Crippen LogP contribution in [0.15, 0.2) is 48.4 Å². The molecule has 3 aromatic heterocycles. The number of esters is 1. The minimum atomic E-state index is -0.193. The van der Waals surface area contributed by atoms with Gasteiger partial charge in [-0.15, -0.1) is 16.4 Å². The summed E-state index contributed by atoms with van der Waals surface area (Å²) in [6.45, 7) is 4.40. The fraction of sp³-hybridized carbons (Fsp3) is 0.400. The second kappa shape index (κ2) is 11.9. The Hall–Kier alpha value is -3.93. The van der Waals surface area contributed by atoms with Crippen molar-refractivity contribution in [3.63, 3.8) is 0 Å². The lowest BCUT2D eigenvalue weighted by molar-refractivity contribution is -0.143. The molecule has 0 unspecified atom stereocenters. The third-order valence-corrected chi connectivity index (χ3v) is 7.20. The molecule has 12 heteroatoms. The number of ether oxygens (including phenoxy) is 2. The van der Waals surface area contributed by atoms with Gasteiger partial charge in [0.25, 0.3) is 0 Å². The maximum atomic E-state index is 11.5. The van der Waals surface area contributed by atoms with Crippen molar-refractivity contribution in [1.82, 2.24) is 35.2 Å². The SMILES string of the molecule is CCOC(=O)CCc1cnc(N2CCC(c3nc(COc4ccc(-n5cnnn5)cc4)cs3)CC2)nc1. The summed E-state index contributed by atoms with van der Waals surface area (Å²) in [5.41, 5.74) is 2.75. The van der Waals surface area contributed by atoms with E-state index >= 15 is 0 Å². The van der Waals surface area contributed by atoms with Gasteiger partial charge in [-0.2, -0.15) is 0 Å². The van der Waals surface area contributed by atoms with E-state index < -0.39 is 0 Å². The van der Waals surface area contributed by atoms with Crippen molar-refractivity contribution < 1.29 is 14.3 Å². The molecule has 1 aliphatic heterocycles. The molecule has 0 atom stereocenters. The topological polar surface area (TPSA) is 121 Å². The molecule has 1 saturated heterocycles. The number of nitrogens with zero attached hydrogens (tertiary/aromatic N) is 8. The van der Waals surface area contributed by atoms with E-state index in [1.165, 1.54) is 0 Å². The number of rotatable bonds is 10. The first-order chi connectivity index (χ1) is 18.2. The van der Waals surface area contributed by atoms with Crippen molar-refractivity contribution in [2.24, 2.45) is 0 Å². The van der Waals surface area contributed by atoms with Gasteiger partial charge in [0.2, 0.25) is 5.95 Å². The van der Waals surface area contributed by atoms with E-state index in [4.69, 9.17) is 14.5 Å². The average molecular weight is 521 g/mol. The highest BCUT2D eigenvalue weighted by Gasteiger charge is 2.24. The third-order valence-electron chi connectivity index (χ3n) is 6.15. The molecule has 0 radical (unpaired) electrons. The second-order valence-corrected chi connectivity index (χ2v) is 9.56. The zero-order valence-corrected chi connectivity index (χ0v) is 21.4. The number of carbonyl (C=O) groups is 1. The number of piperidine rings is 1.